The Kier molecular flexibility index (Phi) is 8.34. The SMILES string of the molecule is CCc1cc([C@H](C)Oc2ccc(C(=O)NC[C@H]3CC[C@](C)(C(=O)O)CC3)cc2C#N)c(OC)cn1. The molecule has 8 nitrogen and oxygen atoms in total. The highest BCUT2D eigenvalue weighted by Crippen LogP contribution is 2.38. The average Bonchev–Trinajstić information content (AvgIpc) is 2.87. The predicted molar refractivity (Wildman–Crippen MR) is 130 cm³/mol. The summed E-state index contributed by atoms with van der Waals surface area (Å²) in [5.74, 6) is 0.211. The van der Waals surface area contributed by atoms with Crippen LogP contribution in [0.5, 0.6) is 11.5 Å². The van der Waals surface area contributed by atoms with Crippen molar-refractivity contribution in [2.24, 2.45) is 11.3 Å². The third kappa shape index (κ3) is 6.10. The lowest BCUT2D eigenvalue weighted by Gasteiger charge is -2.33. The smallest absolute Gasteiger partial charge is 0.309 e. The molecule has 1 saturated carbocycles. The quantitative estimate of drug-likeness (QED) is 0.536. The summed E-state index contributed by atoms with van der Waals surface area (Å²) in [6.07, 6.45) is 4.78. The van der Waals surface area contributed by atoms with Crippen LogP contribution >= 0.6 is 0 Å². The molecule has 0 unspecified atom stereocenters. The van der Waals surface area contributed by atoms with E-state index >= 15 is 0 Å². The van der Waals surface area contributed by atoms with Gasteiger partial charge in [0.25, 0.3) is 5.91 Å². The summed E-state index contributed by atoms with van der Waals surface area (Å²) >= 11 is 0. The molecule has 0 aliphatic heterocycles. The minimum Gasteiger partial charge on any atom is -0.495 e. The van der Waals surface area contributed by atoms with E-state index in [1.54, 1.807) is 32.4 Å². The molecule has 0 saturated heterocycles. The Bertz CT molecular complexity index is 1120. The molecular formula is C27H33N3O5. The number of rotatable bonds is 9. The molecule has 3 rings (SSSR count). The first-order valence-electron chi connectivity index (χ1n) is 12.0. The summed E-state index contributed by atoms with van der Waals surface area (Å²) in [7, 11) is 1.57. The van der Waals surface area contributed by atoms with Gasteiger partial charge in [0.2, 0.25) is 0 Å². The number of hydrogen-bond donors (Lipinski definition) is 2. The first-order chi connectivity index (χ1) is 16.7. The van der Waals surface area contributed by atoms with Gasteiger partial charge in [0, 0.05) is 23.4 Å². The van der Waals surface area contributed by atoms with Crippen LogP contribution in [-0.2, 0) is 11.2 Å². The van der Waals surface area contributed by atoms with Gasteiger partial charge in [-0.3, -0.25) is 14.6 Å². The number of carbonyl (C=O) groups is 2. The number of carbonyl (C=O) groups excluding carboxylic acids is 1. The number of carboxylic acid groups (broad SMARTS) is 1. The molecule has 1 aromatic carbocycles. The van der Waals surface area contributed by atoms with Crippen molar-refractivity contribution < 1.29 is 24.2 Å². The van der Waals surface area contributed by atoms with Gasteiger partial charge >= 0.3 is 5.97 Å². The zero-order chi connectivity index (χ0) is 25.6. The van der Waals surface area contributed by atoms with Crippen LogP contribution in [0.1, 0.15) is 79.7 Å². The maximum atomic E-state index is 12.7. The maximum Gasteiger partial charge on any atom is 0.309 e. The van der Waals surface area contributed by atoms with Gasteiger partial charge in [0.1, 0.15) is 23.7 Å². The number of aliphatic carboxylic acids is 1. The fraction of sp³-hybridized carbons (Fsp3) is 0.481. The minimum atomic E-state index is -0.756. The minimum absolute atomic E-state index is 0.244. The molecule has 35 heavy (non-hydrogen) atoms. The van der Waals surface area contributed by atoms with Crippen molar-refractivity contribution >= 4 is 11.9 Å². The number of nitrogens with one attached hydrogen (secondary N) is 1. The molecule has 0 spiro atoms. The first-order valence-corrected chi connectivity index (χ1v) is 12.0. The summed E-state index contributed by atoms with van der Waals surface area (Å²) in [6.45, 7) is 6.15. The summed E-state index contributed by atoms with van der Waals surface area (Å²) < 4.78 is 11.5. The second-order valence-corrected chi connectivity index (χ2v) is 9.37. The molecular weight excluding hydrogens is 446 g/mol. The van der Waals surface area contributed by atoms with Crippen molar-refractivity contribution in [1.82, 2.24) is 10.3 Å². The number of benzene rings is 1. The van der Waals surface area contributed by atoms with E-state index < -0.39 is 17.5 Å². The lowest BCUT2D eigenvalue weighted by molar-refractivity contribution is -0.150. The van der Waals surface area contributed by atoms with E-state index in [0.29, 0.717) is 36.4 Å². The molecule has 0 radical (unpaired) electrons. The zero-order valence-electron chi connectivity index (χ0n) is 20.8. The van der Waals surface area contributed by atoms with Crippen molar-refractivity contribution in [3.8, 4) is 17.6 Å². The van der Waals surface area contributed by atoms with E-state index in [0.717, 1.165) is 30.5 Å². The molecule has 8 heteroatoms. The molecule has 1 atom stereocenters. The van der Waals surface area contributed by atoms with Crippen molar-refractivity contribution in [2.75, 3.05) is 13.7 Å². The standard InChI is InChI=1S/C27H33N3O5/c1-5-21-13-22(24(34-4)16-29-21)17(2)35-23-7-6-19(12-20(23)14-28)25(31)30-15-18-8-10-27(3,11-9-18)26(32)33/h6-7,12-13,16-18H,5,8-11,15H2,1-4H3,(H,30,31)(H,32,33)/t17-,18-,27-/m0/s1. The number of methoxy groups -OCH3 is 1. The van der Waals surface area contributed by atoms with Crippen molar-refractivity contribution in [1.29, 1.82) is 5.26 Å². The van der Waals surface area contributed by atoms with Crippen LogP contribution < -0.4 is 14.8 Å². The molecule has 2 N–H and O–H groups in total. The number of hydrogen-bond acceptors (Lipinski definition) is 6. The molecule has 186 valence electrons. The fourth-order valence-electron chi connectivity index (χ4n) is 4.37. The van der Waals surface area contributed by atoms with Gasteiger partial charge in [-0.1, -0.05) is 6.92 Å². The van der Waals surface area contributed by atoms with E-state index in [1.807, 2.05) is 19.9 Å². The summed E-state index contributed by atoms with van der Waals surface area (Å²) in [5.41, 5.74) is 1.71. The predicted octanol–water partition coefficient (Wildman–Crippen LogP) is 4.68. The Labute approximate surface area is 206 Å². The number of pyridine rings is 1. The summed E-state index contributed by atoms with van der Waals surface area (Å²) in [5, 5.41) is 22.0. The lowest BCUT2D eigenvalue weighted by Crippen LogP contribution is -2.36. The molecule has 1 heterocycles. The van der Waals surface area contributed by atoms with Gasteiger partial charge in [-0.15, -0.1) is 0 Å². The number of nitriles is 1. The number of carboxylic acids is 1. The zero-order valence-corrected chi connectivity index (χ0v) is 20.8. The van der Waals surface area contributed by atoms with Crippen molar-refractivity contribution in [3.63, 3.8) is 0 Å². The van der Waals surface area contributed by atoms with Gasteiger partial charge in [0.15, 0.2) is 0 Å². The van der Waals surface area contributed by atoms with Gasteiger partial charge in [0.05, 0.1) is 24.3 Å². The van der Waals surface area contributed by atoms with Crippen molar-refractivity contribution in [2.45, 2.75) is 59.0 Å². The van der Waals surface area contributed by atoms with Crippen LogP contribution in [0.2, 0.25) is 0 Å². The van der Waals surface area contributed by atoms with Gasteiger partial charge in [-0.25, -0.2) is 0 Å². The summed E-state index contributed by atoms with van der Waals surface area (Å²) in [4.78, 5) is 28.5. The van der Waals surface area contributed by atoms with E-state index in [-0.39, 0.29) is 17.4 Å². The topological polar surface area (TPSA) is 122 Å². The maximum absolute atomic E-state index is 12.7. The lowest BCUT2D eigenvalue weighted by atomic mass is 9.72. The highest BCUT2D eigenvalue weighted by atomic mass is 16.5. The average molecular weight is 480 g/mol. The van der Waals surface area contributed by atoms with Crippen molar-refractivity contribution in [3.05, 3.63) is 52.8 Å². The van der Waals surface area contributed by atoms with E-state index in [2.05, 4.69) is 16.4 Å². The molecule has 1 aromatic heterocycles. The Morgan fingerprint density at radius 1 is 1.29 bits per heavy atom. The van der Waals surface area contributed by atoms with Crippen LogP contribution in [0.25, 0.3) is 0 Å². The summed E-state index contributed by atoms with van der Waals surface area (Å²) in [6, 6.07) is 8.86. The second-order valence-electron chi connectivity index (χ2n) is 9.37. The molecule has 2 aromatic rings. The van der Waals surface area contributed by atoms with Crippen LogP contribution in [0.15, 0.2) is 30.5 Å². The van der Waals surface area contributed by atoms with Crippen LogP contribution in [0, 0.1) is 22.7 Å². The van der Waals surface area contributed by atoms with Gasteiger partial charge in [-0.05, 0) is 76.1 Å². The number of amides is 1. The fourth-order valence-corrected chi connectivity index (χ4v) is 4.37. The van der Waals surface area contributed by atoms with E-state index in [1.165, 1.54) is 6.07 Å². The number of nitrogens with zero attached hydrogens (tertiary/aromatic N) is 2. The Morgan fingerprint density at radius 3 is 2.60 bits per heavy atom. The highest BCUT2D eigenvalue weighted by Gasteiger charge is 2.37. The molecule has 1 aliphatic rings. The first kappa shape index (κ1) is 26.0. The van der Waals surface area contributed by atoms with Crippen LogP contribution in [0.3, 0.4) is 0 Å². The molecule has 1 amide bonds. The van der Waals surface area contributed by atoms with Gasteiger partial charge < -0.3 is 19.9 Å². The van der Waals surface area contributed by atoms with Crippen LogP contribution in [0.4, 0.5) is 0 Å². The van der Waals surface area contributed by atoms with E-state index in [9.17, 15) is 20.0 Å². The Balaban J connectivity index is 1.65. The third-order valence-electron chi connectivity index (χ3n) is 6.92. The normalized spacial score (nSPS) is 20.4. The Hall–Kier alpha value is -3.60. The second kappa shape index (κ2) is 11.2. The Morgan fingerprint density at radius 2 is 2.00 bits per heavy atom. The highest BCUT2D eigenvalue weighted by molar-refractivity contribution is 5.94. The largest absolute Gasteiger partial charge is 0.495 e. The molecule has 1 aliphatic carbocycles. The molecule has 0 bridgehead atoms. The number of aryl methyl sites for hydroxylation is 1. The van der Waals surface area contributed by atoms with Gasteiger partial charge in [-0.2, -0.15) is 5.26 Å². The van der Waals surface area contributed by atoms with E-state index in [4.69, 9.17) is 9.47 Å². The molecule has 1 fully saturated rings. The number of ether oxygens (including phenoxy) is 2. The number of aromatic nitrogens is 1. The van der Waals surface area contributed by atoms with Crippen LogP contribution in [-0.4, -0.2) is 35.6 Å². The third-order valence-corrected chi connectivity index (χ3v) is 6.92. The monoisotopic (exact) mass is 479 g/mol.